The minimum Gasteiger partial charge on any atom is -0.469 e. The van der Waals surface area contributed by atoms with Crippen LogP contribution in [0, 0.1) is 5.41 Å². The minimum absolute atomic E-state index is 0. The average Bonchev–Trinajstić information content (AvgIpc) is 3.03. The summed E-state index contributed by atoms with van der Waals surface area (Å²) in [5.41, 5.74) is 6.91. The summed E-state index contributed by atoms with van der Waals surface area (Å²) < 4.78 is 4.74. The Morgan fingerprint density at radius 3 is 2.43 bits per heavy atom. The molecule has 0 aromatic heterocycles. The predicted molar refractivity (Wildman–Crippen MR) is 110 cm³/mol. The number of urea groups is 1. The molecule has 0 radical (unpaired) electrons. The third kappa shape index (κ3) is 4.74. The van der Waals surface area contributed by atoms with Crippen LogP contribution in [0.4, 0.5) is 10.5 Å². The van der Waals surface area contributed by atoms with Crippen LogP contribution in [0.3, 0.4) is 0 Å². The number of piperidine rings is 1. The predicted octanol–water partition coefficient (Wildman–Crippen LogP) is 2.01. The van der Waals surface area contributed by atoms with E-state index in [9.17, 15) is 9.59 Å². The van der Waals surface area contributed by atoms with Crippen LogP contribution in [0.5, 0.6) is 0 Å². The molecule has 2 saturated heterocycles. The number of anilines is 1. The van der Waals surface area contributed by atoms with E-state index in [4.69, 9.17) is 15.9 Å². The van der Waals surface area contributed by atoms with E-state index < -0.39 is 0 Å². The number of methoxy groups -OCH3 is 1. The lowest BCUT2D eigenvalue weighted by molar-refractivity contribution is -0.141. The summed E-state index contributed by atoms with van der Waals surface area (Å²) in [7, 11) is 1.36. The fourth-order valence-electron chi connectivity index (χ4n) is 3.75. The molecule has 2 fully saturated rings. The SMILES string of the molecule is COC(=O)CCN1C(=O)N(c2ccc(C(=N)N)cc2)CC1N1CCCCC1.Cl. The van der Waals surface area contributed by atoms with E-state index in [0.29, 0.717) is 18.7 Å². The van der Waals surface area contributed by atoms with Crippen molar-refractivity contribution in [3.8, 4) is 0 Å². The van der Waals surface area contributed by atoms with Crippen molar-refractivity contribution in [2.75, 3.05) is 38.2 Å². The van der Waals surface area contributed by atoms with Gasteiger partial charge in [0.1, 0.15) is 12.0 Å². The maximum atomic E-state index is 13.1. The van der Waals surface area contributed by atoms with E-state index >= 15 is 0 Å². The third-order valence-electron chi connectivity index (χ3n) is 5.27. The number of carbonyl (C=O) groups is 2. The minimum atomic E-state index is -0.315. The van der Waals surface area contributed by atoms with Gasteiger partial charge in [-0.3, -0.25) is 20.0 Å². The molecule has 3 rings (SSSR count). The zero-order valence-corrected chi connectivity index (χ0v) is 16.9. The fourth-order valence-corrected chi connectivity index (χ4v) is 3.75. The second-order valence-corrected chi connectivity index (χ2v) is 6.95. The Morgan fingerprint density at radius 1 is 1.21 bits per heavy atom. The van der Waals surface area contributed by atoms with Gasteiger partial charge in [0, 0.05) is 30.9 Å². The molecule has 0 aliphatic carbocycles. The summed E-state index contributed by atoms with van der Waals surface area (Å²) in [6.45, 7) is 2.82. The molecular formula is C19H28ClN5O3. The Hall–Kier alpha value is -2.32. The Morgan fingerprint density at radius 2 is 1.86 bits per heavy atom. The van der Waals surface area contributed by atoms with Crippen molar-refractivity contribution in [2.24, 2.45) is 5.73 Å². The van der Waals surface area contributed by atoms with Gasteiger partial charge < -0.3 is 15.4 Å². The number of likely N-dealkylation sites (tertiary alicyclic amines) is 1. The first kappa shape index (κ1) is 22.0. The van der Waals surface area contributed by atoms with Gasteiger partial charge in [0.15, 0.2) is 0 Å². The van der Waals surface area contributed by atoms with Crippen LogP contribution in [0.25, 0.3) is 0 Å². The zero-order chi connectivity index (χ0) is 19.4. The van der Waals surface area contributed by atoms with Crippen LogP contribution < -0.4 is 10.6 Å². The van der Waals surface area contributed by atoms with Gasteiger partial charge in [-0.2, -0.15) is 0 Å². The first-order valence-electron chi connectivity index (χ1n) is 9.34. The molecule has 0 spiro atoms. The lowest BCUT2D eigenvalue weighted by Crippen LogP contribution is -2.49. The van der Waals surface area contributed by atoms with Crippen molar-refractivity contribution in [3.05, 3.63) is 29.8 Å². The van der Waals surface area contributed by atoms with Gasteiger partial charge in [-0.15, -0.1) is 12.4 Å². The van der Waals surface area contributed by atoms with Crippen molar-refractivity contribution in [3.63, 3.8) is 0 Å². The fraction of sp³-hybridized carbons (Fsp3) is 0.526. The third-order valence-corrected chi connectivity index (χ3v) is 5.27. The Labute approximate surface area is 171 Å². The van der Waals surface area contributed by atoms with Crippen molar-refractivity contribution in [1.29, 1.82) is 5.41 Å². The largest absolute Gasteiger partial charge is 0.469 e. The molecule has 154 valence electrons. The number of hydrogen-bond acceptors (Lipinski definition) is 5. The van der Waals surface area contributed by atoms with Gasteiger partial charge in [-0.25, -0.2) is 4.79 Å². The first-order chi connectivity index (χ1) is 13.0. The molecule has 1 atom stereocenters. The quantitative estimate of drug-likeness (QED) is 0.425. The van der Waals surface area contributed by atoms with Crippen molar-refractivity contribution < 1.29 is 14.3 Å². The van der Waals surface area contributed by atoms with Gasteiger partial charge in [-0.1, -0.05) is 6.42 Å². The molecule has 9 heteroatoms. The number of carbonyl (C=O) groups excluding carboxylic acids is 2. The number of nitrogens with two attached hydrogens (primary N) is 1. The summed E-state index contributed by atoms with van der Waals surface area (Å²) in [5.74, 6) is -0.315. The molecule has 28 heavy (non-hydrogen) atoms. The molecule has 8 nitrogen and oxygen atoms in total. The number of benzene rings is 1. The Bertz CT molecular complexity index is 706. The number of nitrogens with zero attached hydrogens (tertiary/aromatic N) is 3. The molecule has 1 aromatic carbocycles. The molecule has 2 aliphatic heterocycles. The molecule has 2 amide bonds. The summed E-state index contributed by atoms with van der Waals surface area (Å²) in [5, 5.41) is 7.50. The summed E-state index contributed by atoms with van der Waals surface area (Å²) in [4.78, 5) is 30.5. The highest BCUT2D eigenvalue weighted by Gasteiger charge is 2.41. The van der Waals surface area contributed by atoms with Crippen LogP contribution in [0.1, 0.15) is 31.2 Å². The van der Waals surface area contributed by atoms with Crippen LogP contribution in [0.2, 0.25) is 0 Å². The maximum Gasteiger partial charge on any atom is 0.325 e. The molecule has 3 N–H and O–H groups in total. The maximum absolute atomic E-state index is 13.1. The topological polar surface area (TPSA) is 103 Å². The van der Waals surface area contributed by atoms with Crippen molar-refractivity contribution >= 4 is 35.9 Å². The Kier molecular flexibility index (Phi) is 7.65. The van der Waals surface area contributed by atoms with Gasteiger partial charge in [0.25, 0.3) is 0 Å². The van der Waals surface area contributed by atoms with E-state index in [-0.39, 0.29) is 42.8 Å². The number of amidine groups is 1. The number of ether oxygens (including phenoxy) is 1. The van der Waals surface area contributed by atoms with E-state index in [2.05, 4.69) is 4.90 Å². The highest BCUT2D eigenvalue weighted by molar-refractivity contribution is 5.97. The summed E-state index contributed by atoms with van der Waals surface area (Å²) in [6, 6.07) is 7.01. The van der Waals surface area contributed by atoms with Crippen molar-refractivity contribution in [2.45, 2.75) is 31.8 Å². The van der Waals surface area contributed by atoms with Crippen LogP contribution in [-0.2, 0) is 9.53 Å². The standard InChI is InChI=1S/C19H27N5O3.ClH/c1-27-17(25)9-12-23-16(22-10-3-2-4-11-22)13-24(19(23)26)15-7-5-14(6-8-15)18(20)21;/h5-8,16H,2-4,9-13H2,1H3,(H3,20,21);1H. The number of nitrogens with one attached hydrogen (secondary N) is 1. The van der Waals surface area contributed by atoms with Crippen LogP contribution >= 0.6 is 12.4 Å². The van der Waals surface area contributed by atoms with E-state index in [1.165, 1.54) is 13.5 Å². The summed E-state index contributed by atoms with van der Waals surface area (Å²) >= 11 is 0. The second kappa shape index (κ2) is 9.75. The van der Waals surface area contributed by atoms with E-state index in [0.717, 1.165) is 31.6 Å². The first-order valence-corrected chi connectivity index (χ1v) is 9.34. The van der Waals surface area contributed by atoms with E-state index in [1.54, 1.807) is 21.9 Å². The van der Waals surface area contributed by atoms with Gasteiger partial charge >= 0.3 is 12.0 Å². The second-order valence-electron chi connectivity index (χ2n) is 6.95. The monoisotopic (exact) mass is 409 g/mol. The molecule has 1 unspecified atom stereocenters. The molecule has 0 bridgehead atoms. The number of halogens is 1. The smallest absolute Gasteiger partial charge is 0.325 e. The number of nitrogen functional groups attached to an aromatic ring is 1. The van der Waals surface area contributed by atoms with Crippen molar-refractivity contribution in [1.82, 2.24) is 9.80 Å². The highest BCUT2D eigenvalue weighted by Crippen LogP contribution is 2.28. The number of amides is 2. The Balaban J connectivity index is 0.00000280. The molecule has 2 heterocycles. The number of esters is 1. The van der Waals surface area contributed by atoms with Gasteiger partial charge in [0.05, 0.1) is 20.1 Å². The van der Waals surface area contributed by atoms with Gasteiger partial charge in [0.2, 0.25) is 0 Å². The molecule has 0 saturated carbocycles. The molecular weight excluding hydrogens is 382 g/mol. The summed E-state index contributed by atoms with van der Waals surface area (Å²) in [6.07, 6.45) is 3.61. The van der Waals surface area contributed by atoms with Crippen LogP contribution in [-0.4, -0.2) is 67.1 Å². The average molecular weight is 410 g/mol. The van der Waals surface area contributed by atoms with Crippen LogP contribution in [0.15, 0.2) is 24.3 Å². The number of rotatable bonds is 6. The van der Waals surface area contributed by atoms with E-state index in [1.807, 2.05) is 12.1 Å². The lowest BCUT2D eigenvalue weighted by Gasteiger charge is -2.36. The zero-order valence-electron chi connectivity index (χ0n) is 16.1. The molecule has 2 aliphatic rings. The number of hydrogen-bond donors (Lipinski definition) is 2. The molecule has 1 aromatic rings. The highest BCUT2D eigenvalue weighted by atomic mass is 35.5. The normalized spacial score (nSPS) is 20.0. The van der Waals surface area contributed by atoms with Gasteiger partial charge in [-0.05, 0) is 37.1 Å². The lowest BCUT2D eigenvalue weighted by atomic mass is 10.1.